The van der Waals surface area contributed by atoms with Crippen molar-refractivity contribution in [2.45, 2.75) is 33.1 Å². The average Bonchev–Trinajstić information content (AvgIpc) is 2.48. The van der Waals surface area contributed by atoms with Gasteiger partial charge in [-0.15, -0.1) is 0 Å². The quantitative estimate of drug-likeness (QED) is 0.901. The van der Waals surface area contributed by atoms with E-state index in [9.17, 15) is 4.79 Å². The van der Waals surface area contributed by atoms with E-state index in [1.807, 2.05) is 43.3 Å². The third-order valence-electron chi connectivity index (χ3n) is 4.02. The normalized spacial score (nSPS) is 11.2. The molecule has 0 fully saturated rings. The lowest BCUT2D eigenvalue weighted by atomic mass is 9.84. The smallest absolute Gasteiger partial charge is 0.251 e. The van der Waals surface area contributed by atoms with Gasteiger partial charge in [0.25, 0.3) is 5.91 Å². The molecule has 0 unspecified atom stereocenters. The molecule has 1 N–H and O–H groups in total. The molecule has 2 aromatic rings. The molecule has 0 atom stereocenters. The summed E-state index contributed by atoms with van der Waals surface area (Å²) in [6.45, 7) is 8.98. The van der Waals surface area contributed by atoms with Crippen molar-refractivity contribution in [3.63, 3.8) is 0 Å². The van der Waals surface area contributed by atoms with Crippen molar-refractivity contribution >= 4 is 5.91 Å². The summed E-state index contributed by atoms with van der Waals surface area (Å²) in [6, 6.07) is 16.1. The van der Waals surface area contributed by atoms with E-state index in [4.69, 9.17) is 0 Å². The second-order valence-electron chi connectivity index (χ2n) is 6.23. The van der Waals surface area contributed by atoms with E-state index in [-0.39, 0.29) is 11.3 Å². The van der Waals surface area contributed by atoms with Gasteiger partial charge in [-0.3, -0.25) is 4.79 Å². The molecule has 0 aliphatic carbocycles. The molecule has 2 heteroatoms. The lowest BCUT2D eigenvalue weighted by molar-refractivity contribution is 0.0945. The van der Waals surface area contributed by atoms with Gasteiger partial charge in [0.1, 0.15) is 0 Å². The van der Waals surface area contributed by atoms with Crippen LogP contribution in [0, 0.1) is 13.8 Å². The van der Waals surface area contributed by atoms with Crippen LogP contribution in [-0.4, -0.2) is 12.5 Å². The molecule has 0 aliphatic heterocycles. The van der Waals surface area contributed by atoms with E-state index < -0.39 is 0 Å². The molecule has 0 spiro atoms. The zero-order valence-corrected chi connectivity index (χ0v) is 13.2. The average molecular weight is 281 g/mol. The van der Waals surface area contributed by atoms with Crippen LogP contribution < -0.4 is 5.32 Å². The summed E-state index contributed by atoms with van der Waals surface area (Å²) >= 11 is 0. The van der Waals surface area contributed by atoms with Gasteiger partial charge in [-0.1, -0.05) is 50.2 Å². The minimum atomic E-state index is -0.0866. The third-order valence-corrected chi connectivity index (χ3v) is 4.02. The van der Waals surface area contributed by atoms with Gasteiger partial charge < -0.3 is 5.32 Å². The summed E-state index contributed by atoms with van der Waals surface area (Å²) in [5.74, 6) is -0.0119. The number of nitrogens with one attached hydrogen (secondary N) is 1. The van der Waals surface area contributed by atoms with Crippen LogP contribution in [0.1, 0.15) is 40.9 Å². The summed E-state index contributed by atoms with van der Waals surface area (Å²) in [5, 5.41) is 3.05. The first-order valence-electron chi connectivity index (χ1n) is 7.31. The van der Waals surface area contributed by atoms with Gasteiger partial charge in [-0.25, -0.2) is 0 Å². The summed E-state index contributed by atoms with van der Waals surface area (Å²) in [6.07, 6.45) is 0. The molecule has 0 heterocycles. The number of carbonyl (C=O) groups is 1. The Balaban J connectivity index is 2.05. The maximum atomic E-state index is 12.3. The highest BCUT2D eigenvalue weighted by atomic mass is 16.1. The summed E-state index contributed by atoms with van der Waals surface area (Å²) in [7, 11) is 0. The Morgan fingerprint density at radius 1 is 1.00 bits per heavy atom. The standard InChI is InChI=1S/C19H23NO/c1-14-10-11-16(12-15(14)2)18(21)20-13-19(3,4)17-8-6-5-7-9-17/h5-12H,13H2,1-4H3,(H,20,21). The van der Waals surface area contributed by atoms with Gasteiger partial charge in [0.05, 0.1) is 0 Å². The largest absolute Gasteiger partial charge is 0.351 e. The second kappa shape index (κ2) is 6.13. The van der Waals surface area contributed by atoms with E-state index in [0.717, 1.165) is 11.1 Å². The number of hydrogen-bond acceptors (Lipinski definition) is 1. The van der Waals surface area contributed by atoms with E-state index in [2.05, 4.69) is 38.2 Å². The molecular formula is C19H23NO. The van der Waals surface area contributed by atoms with Crippen molar-refractivity contribution in [3.8, 4) is 0 Å². The fourth-order valence-corrected chi connectivity index (χ4v) is 2.28. The van der Waals surface area contributed by atoms with E-state index >= 15 is 0 Å². The molecule has 21 heavy (non-hydrogen) atoms. The number of hydrogen-bond donors (Lipinski definition) is 1. The fraction of sp³-hybridized carbons (Fsp3) is 0.316. The van der Waals surface area contributed by atoms with Gasteiger partial charge in [0, 0.05) is 17.5 Å². The maximum Gasteiger partial charge on any atom is 0.251 e. The molecule has 0 bridgehead atoms. The molecule has 0 radical (unpaired) electrons. The van der Waals surface area contributed by atoms with Crippen LogP contribution in [0.3, 0.4) is 0 Å². The van der Waals surface area contributed by atoms with Crippen LogP contribution >= 0.6 is 0 Å². The van der Waals surface area contributed by atoms with Crippen LogP contribution in [0.5, 0.6) is 0 Å². The predicted octanol–water partition coefficient (Wildman–Crippen LogP) is 4.01. The molecule has 2 rings (SSSR count). The molecule has 0 saturated carbocycles. The van der Waals surface area contributed by atoms with Crippen molar-refractivity contribution < 1.29 is 4.79 Å². The van der Waals surface area contributed by atoms with Gasteiger partial charge >= 0.3 is 0 Å². The number of amides is 1. The van der Waals surface area contributed by atoms with Crippen LogP contribution in [-0.2, 0) is 5.41 Å². The predicted molar refractivity (Wildman–Crippen MR) is 87.7 cm³/mol. The third kappa shape index (κ3) is 3.72. The molecule has 0 aromatic heterocycles. The first kappa shape index (κ1) is 15.3. The van der Waals surface area contributed by atoms with Gasteiger partial charge in [0.2, 0.25) is 0 Å². The summed E-state index contributed by atoms with van der Waals surface area (Å²) in [5.41, 5.74) is 4.21. The Kier molecular flexibility index (Phi) is 4.46. The topological polar surface area (TPSA) is 29.1 Å². The zero-order chi connectivity index (χ0) is 15.5. The number of rotatable bonds is 4. The van der Waals surface area contributed by atoms with Crippen LogP contribution in [0.15, 0.2) is 48.5 Å². The lowest BCUT2D eigenvalue weighted by Gasteiger charge is -2.25. The summed E-state index contributed by atoms with van der Waals surface area (Å²) < 4.78 is 0. The highest BCUT2D eigenvalue weighted by Gasteiger charge is 2.21. The number of aryl methyl sites for hydroxylation is 2. The van der Waals surface area contributed by atoms with Crippen molar-refractivity contribution in [2.75, 3.05) is 6.54 Å². The Hall–Kier alpha value is -2.09. The van der Waals surface area contributed by atoms with Gasteiger partial charge in [0.15, 0.2) is 0 Å². The Labute approximate surface area is 127 Å². The summed E-state index contributed by atoms with van der Waals surface area (Å²) in [4.78, 5) is 12.3. The first-order valence-corrected chi connectivity index (χ1v) is 7.31. The van der Waals surface area contributed by atoms with Gasteiger partial charge in [-0.05, 0) is 42.7 Å². The molecule has 0 saturated heterocycles. The molecule has 0 aliphatic rings. The molecule has 2 nitrogen and oxygen atoms in total. The second-order valence-corrected chi connectivity index (χ2v) is 6.23. The van der Waals surface area contributed by atoms with Gasteiger partial charge in [-0.2, -0.15) is 0 Å². The zero-order valence-electron chi connectivity index (χ0n) is 13.2. The van der Waals surface area contributed by atoms with Crippen molar-refractivity contribution in [1.29, 1.82) is 0 Å². The molecule has 2 aromatic carbocycles. The van der Waals surface area contributed by atoms with Crippen molar-refractivity contribution in [2.24, 2.45) is 0 Å². The first-order chi connectivity index (χ1) is 9.90. The molecule has 1 amide bonds. The monoisotopic (exact) mass is 281 g/mol. The van der Waals surface area contributed by atoms with Crippen LogP contribution in [0.25, 0.3) is 0 Å². The minimum absolute atomic E-state index is 0.0119. The number of carbonyl (C=O) groups excluding carboxylic acids is 1. The van der Waals surface area contributed by atoms with E-state index in [0.29, 0.717) is 6.54 Å². The highest BCUT2D eigenvalue weighted by Crippen LogP contribution is 2.22. The SMILES string of the molecule is Cc1ccc(C(=O)NCC(C)(C)c2ccccc2)cc1C. The Bertz CT molecular complexity index is 629. The maximum absolute atomic E-state index is 12.3. The molecular weight excluding hydrogens is 258 g/mol. The van der Waals surface area contributed by atoms with Crippen LogP contribution in [0.4, 0.5) is 0 Å². The van der Waals surface area contributed by atoms with Crippen LogP contribution in [0.2, 0.25) is 0 Å². The number of benzene rings is 2. The van der Waals surface area contributed by atoms with E-state index in [1.165, 1.54) is 11.1 Å². The minimum Gasteiger partial charge on any atom is -0.351 e. The highest BCUT2D eigenvalue weighted by molar-refractivity contribution is 5.94. The van der Waals surface area contributed by atoms with Crippen molar-refractivity contribution in [1.82, 2.24) is 5.32 Å². The fourth-order valence-electron chi connectivity index (χ4n) is 2.28. The molecule has 110 valence electrons. The Morgan fingerprint density at radius 3 is 2.29 bits per heavy atom. The van der Waals surface area contributed by atoms with Crippen molar-refractivity contribution in [3.05, 3.63) is 70.8 Å². The Morgan fingerprint density at radius 2 is 1.67 bits per heavy atom. The van der Waals surface area contributed by atoms with E-state index in [1.54, 1.807) is 0 Å². The lowest BCUT2D eigenvalue weighted by Crippen LogP contribution is -2.36.